The Morgan fingerprint density at radius 1 is 1.15 bits per heavy atom. The Morgan fingerprint density at radius 3 is 2.48 bits per heavy atom. The molecule has 27 heavy (non-hydrogen) atoms. The standard InChI is InChI=1S/C21H23FN2O3/c1-2-27-21(26)15-7-9-17(10-8-15)23-20(25)14-24(18-11-12-18)13-16-5-3-4-6-19(16)22/h3-10,18H,2,11-14H2,1H3,(H,23,25). The van der Waals surface area contributed by atoms with Gasteiger partial charge in [0.05, 0.1) is 18.7 Å². The summed E-state index contributed by atoms with van der Waals surface area (Å²) in [7, 11) is 0. The molecule has 1 aliphatic carbocycles. The minimum absolute atomic E-state index is 0.165. The summed E-state index contributed by atoms with van der Waals surface area (Å²) in [6.07, 6.45) is 2.05. The zero-order valence-corrected chi connectivity index (χ0v) is 15.3. The summed E-state index contributed by atoms with van der Waals surface area (Å²) < 4.78 is 18.8. The summed E-state index contributed by atoms with van der Waals surface area (Å²) in [6, 6.07) is 13.5. The molecule has 142 valence electrons. The van der Waals surface area contributed by atoms with Crippen LogP contribution in [0.5, 0.6) is 0 Å². The number of nitrogens with zero attached hydrogens (tertiary/aromatic N) is 1. The van der Waals surface area contributed by atoms with Crippen molar-refractivity contribution in [3.63, 3.8) is 0 Å². The molecule has 0 atom stereocenters. The molecule has 0 bridgehead atoms. The third-order valence-electron chi connectivity index (χ3n) is 4.42. The van der Waals surface area contributed by atoms with Crippen LogP contribution in [0.15, 0.2) is 48.5 Å². The van der Waals surface area contributed by atoms with E-state index in [1.165, 1.54) is 6.07 Å². The summed E-state index contributed by atoms with van der Waals surface area (Å²) >= 11 is 0. The Hall–Kier alpha value is -2.73. The fourth-order valence-electron chi connectivity index (χ4n) is 2.89. The minimum Gasteiger partial charge on any atom is -0.462 e. The van der Waals surface area contributed by atoms with Gasteiger partial charge in [-0.3, -0.25) is 9.69 Å². The smallest absolute Gasteiger partial charge is 0.338 e. The van der Waals surface area contributed by atoms with E-state index in [9.17, 15) is 14.0 Å². The molecular weight excluding hydrogens is 347 g/mol. The molecule has 3 rings (SSSR count). The highest BCUT2D eigenvalue weighted by Gasteiger charge is 2.30. The van der Waals surface area contributed by atoms with Crippen molar-refractivity contribution in [2.45, 2.75) is 32.4 Å². The van der Waals surface area contributed by atoms with Crippen LogP contribution in [0.2, 0.25) is 0 Å². The average molecular weight is 370 g/mol. The number of amides is 1. The third kappa shape index (κ3) is 5.37. The number of hydrogen-bond acceptors (Lipinski definition) is 4. The molecule has 0 heterocycles. The van der Waals surface area contributed by atoms with Crippen molar-refractivity contribution < 1.29 is 18.7 Å². The Balaban J connectivity index is 1.58. The third-order valence-corrected chi connectivity index (χ3v) is 4.42. The van der Waals surface area contributed by atoms with Crippen molar-refractivity contribution >= 4 is 17.6 Å². The first kappa shape index (κ1) is 19.0. The van der Waals surface area contributed by atoms with Crippen LogP contribution in [0.25, 0.3) is 0 Å². The summed E-state index contributed by atoms with van der Waals surface area (Å²) in [6.45, 7) is 2.67. The Labute approximate surface area is 158 Å². The van der Waals surface area contributed by atoms with Crippen molar-refractivity contribution in [3.05, 3.63) is 65.5 Å². The molecule has 0 spiro atoms. The lowest BCUT2D eigenvalue weighted by atomic mass is 10.2. The van der Waals surface area contributed by atoms with Crippen LogP contribution in [-0.4, -0.2) is 36.0 Å². The van der Waals surface area contributed by atoms with Crippen molar-refractivity contribution in [2.24, 2.45) is 0 Å². The molecule has 0 saturated heterocycles. The van der Waals surface area contributed by atoms with E-state index >= 15 is 0 Å². The molecule has 0 aromatic heterocycles. The van der Waals surface area contributed by atoms with E-state index in [2.05, 4.69) is 5.32 Å². The maximum atomic E-state index is 13.9. The molecule has 0 aliphatic heterocycles. The zero-order valence-electron chi connectivity index (χ0n) is 15.3. The second-order valence-corrected chi connectivity index (χ2v) is 6.57. The van der Waals surface area contributed by atoms with E-state index in [-0.39, 0.29) is 24.2 Å². The fourth-order valence-corrected chi connectivity index (χ4v) is 2.89. The maximum Gasteiger partial charge on any atom is 0.338 e. The molecule has 1 aliphatic rings. The minimum atomic E-state index is -0.389. The van der Waals surface area contributed by atoms with Gasteiger partial charge in [0.2, 0.25) is 5.91 Å². The van der Waals surface area contributed by atoms with Crippen molar-refractivity contribution in [3.8, 4) is 0 Å². The lowest BCUT2D eigenvalue weighted by Gasteiger charge is -2.21. The van der Waals surface area contributed by atoms with Crippen molar-refractivity contribution in [1.29, 1.82) is 0 Å². The number of carbonyl (C=O) groups excluding carboxylic acids is 2. The van der Waals surface area contributed by atoms with Crippen LogP contribution < -0.4 is 5.32 Å². The van der Waals surface area contributed by atoms with Crippen LogP contribution in [0.4, 0.5) is 10.1 Å². The van der Waals surface area contributed by atoms with Gasteiger partial charge >= 0.3 is 5.97 Å². The highest BCUT2D eigenvalue weighted by Crippen LogP contribution is 2.28. The van der Waals surface area contributed by atoms with Gasteiger partial charge in [-0.2, -0.15) is 0 Å². The number of benzene rings is 2. The van der Waals surface area contributed by atoms with E-state index in [1.54, 1.807) is 49.4 Å². The molecule has 0 radical (unpaired) electrons. The predicted octanol–water partition coefficient (Wildman–Crippen LogP) is 3.61. The van der Waals surface area contributed by atoms with Crippen LogP contribution in [-0.2, 0) is 16.1 Å². The summed E-state index contributed by atoms with van der Waals surface area (Å²) in [4.78, 5) is 26.1. The van der Waals surface area contributed by atoms with Gasteiger partial charge in [0.25, 0.3) is 0 Å². The van der Waals surface area contributed by atoms with E-state index in [1.807, 2.05) is 4.90 Å². The number of nitrogens with one attached hydrogen (secondary N) is 1. The fraction of sp³-hybridized carbons (Fsp3) is 0.333. The van der Waals surface area contributed by atoms with Gasteiger partial charge in [-0.1, -0.05) is 18.2 Å². The molecular formula is C21H23FN2O3. The first-order valence-corrected chi connectivity index (χ1v) is 9.11. The molecule has 1 amide bonds. The van der Waals surface area contributed by atoms with Gasteiger partial charge in [0, 0.05) is 23.8 Å². The number of carbonyl (C=O) groups is 2. The van der Waals surface area contributed by atoms with Gasteiger partial charge in [0.1, 0.15) is 5.82 Å². The number of hydrogen-bond donors (Lipinski definition) is 1. The number of esters is 1. The molecule has 6 heteroatoms. The van der Waals surface area contributed by atoms with E-state index in [4.69, 9.17) is 4.74 Å². The summed E-state index contributed by atoms with van der Waals surface area (Å²) in [5, 5.41) is 2.83. The quantitative estimate of drug-likeness (QED) is 0.722. The first-order chi connectivity index (χ1) is 13.1. The molecule has 1 N–H and O–H groups in total. The van der Waals surface area contributed by atoms with Gasteiger partial charge in [-0.15, -0.1) is 0 Å². The predicted molar refractivity (Wildman–Crippen MR) is 101 cm³/mol. The maximum absolute atomic E-state index is 13.9. The highest BCUT2D eigenvalue weighted by atomic mass is 19.1. The molecule has 1 fully saturated rings. The van der Waals surface area contributed by atoms with Crippen molar-refractivity contribution in [2.75, 3.05) is 18.5 Å². The zero-order chi connectivity index (χ0) is 19.2. The molecule has 5 nitrogen and oxygen atoms in total. The van der Waals surface area contributed by atoms with Gasteiger partial charge in [0.15, 0.2) is 0 Å². The lowest BCUT2D eigenvalue weighted by Crippen LogP contribution is -2.34. The van der Waals surface area contributed by atoms with Gasteiger partial charge in [-0.05, 0) is 50.1 Å². The largest absolute Gasteiger partial charge is 0.462 e. The summed E-state index contributed by atoms with van der Waals surface area (Å²) in [5.41, 5.74) is 1.64. The van der Waals surface area contributed by atoms with E-state index in [0.717, 1.165) is 12.8 Å². The van der Waals surface area contributed by atoms with Crippen LogP contribution in [0.1, 0.15) is 35.7 Å². The lowest BCUT2D eigenvalue weighted by molar-refractivity contribution is -0.117. The highest BCUT2D eigenvalue weighted by molar-refractivity contribution is 5.94. The number of anilines is 1. The summed E-state index contributed by atoms with van der Waals surface area (Å²) in [5.74, 6) is -0.805. The second-order valence-electron chi connectivity index (χ2n) is 6.57. The molecule has 1 saturated carbocycles. The topological polar surface area (TPSA) is 58.6 Å². The van der Waals surface area contributed by atoms with Crippen molar-refractivity contribution in [1.82, 2.24) is 4.90 Å². The monoisotopic (exact) mass is 370 g/mol. The van der Waals surface area contributed by atoms with Gasteiger partial charge in [-0.25, -0.2) is 9.18 Å². The molecule has 2 aromatic carbocycles. The second kappa shape index (κ2) is 8.77. The van der Waals surface area contributed by atoms with Crippen LogP contribution >= 0.6 is 0 Å². The van der Waals surface area contributed by atoms with Crippen LogP contribution in [0, 0.1) is 5.82 Å². The Bertz CT molecular complexity index is 803. The van der Waals surface area contributed by atoms with E-state index in [0.29, 0.717) is 36.0 Å². The van der Waals surface area contributed by atoms with E-state index < -0.39 is 0 Å². The Morgan fingerprint density at radius 2 is 1.85 bits per heavy atom. The molecule has 0 unspecified atom stereocenters. The molecule has 2 aromatic rings. The van der Waals surface area contributed by atoms with Gasteiger partial charge < -0.3 is 10.1 Å². The number of ether oxygens (including phenoxy) is 1. The normalized spacial score (nSPS) is 13.4. The van der Waals surface area contributed by atoms with Crippen LogP contribution in [0.3, 0.4) is 0 Å². The number of halogens is 1. The Kier molecular flexibility index (Phi) is 6.19. The SMILES string of the molecule is CCOC(=O)c1ccc(NC(=O)CN(Cc2ccccc2F)C2CC2)cc1. The average Bonchev–Trinajstić information content (AvgIpc) is 3.49. The number of rotatable bonds is 8. The first-order valence-electron chi connectivity index (χ1n) is 9.11.